The molecular formula is C34H25N3. The van der Waals surface area contributed by atoms with Crippen molar-refractivity contribution < 1.29 is 0 Å². The third-order valence-electron chi connectivity index (χ3n) is 6.92. The minimum Gasteiger partial charge on any atom is -0.405 e. The van der Waals surface area contributed by atoms with Gasteiger partial charge in [-0.2, -0.15) is 5.26 Å². The normalized spacial score (nSPS) is 12.0. The Kier molecular flexibility index (Phi) is 5.77. The molecule has 3 nitrogen and oxygen atoms in total. The number of hydrogen-bond donors (Lipinski definition) is 1. The number of nitriles is 1. The van der Waals surface area contributed by atoms with Crippen LogP contribution in [-0.4, -0.2) is 4.57 Å². The van der Waals surface area contributed by atoms with Crippen molar-refractivity contribution in [2.75, 3.05) is 0 Å². The number of benzene rings is 5. The van der Waals surface area contributed by atoms with E-state index < -0.39 is 0 Å². The summed E-state index contributed by atoms with van der Waals surface area (Å²) in [5, 5.41) is 14.3. The molecule has 0 atom stereocenters. The van der Waals surface area contributed by atoms with Crippen molar-refractivity contribution in [2.24, 2.45) is 5.73 Å². The lowest BCUT2D eigenvalue weighted by Gasteiger charge is -2.12. The molecule has 0 radical (unpaired) electrons. The molecule has 0 fully saturated rings. The molecule has 37 heavy (non-hydrogen) atoms. The van der Waals surface area contributed by atoms with Crippen molar-refractivity contribution in [1.29, 1.82) is 5.26 Å². The van der Waals surface area contributed by atoms with E-state index in [4.69, 9.17) is 5.73 Å². The first-order valence-electron chi connectivity index (χ1n) is 12.4. The van der Waals surface area contributed by atoms with Crippen LogP contribution in [0.25, 0.3) is 49.4 Å². The highest BCUT2D eigenvalue weighted by atomic mass is 15.0. The van der Waals surface area contributed by atoms with E-state index in [9.17, 15) is 5.26 Å². The van der Waals surface area contributed by atoms with Crippen LogP contribution in [0.4, 0.5) is 0 Å². The highest BCUT2D eigenvalue weighted by molar-refractivity contribution is 6.24. The summed E-state index contributed by atoms with van der Waals surface area (Å²) in [5.74, 6) is 0. The molecule has 3 heteroatoms. The van der Waals surface area contributed by atoms with Crippen LogP contribution in [0.5, 0.6) is 0 Å². The van der Waals surface area contributed by atoms with Gasteiger partial charge < -0.3 is 10.3 Å². The average molecular weight is 476 g/mol. The van der Waals surface area contributed by atoms with Crippen molar-refractivity contribution in [3.05, 3.63) is 139 Å². The van der Waals surface area contributed by atoms with E-state index in [0.717, 1.165) is 16.8 Å². The van der Waals surface area contributed by atoms with Crippen LogP contribution in [0.15, 0.2) is 133 Å². The van der Waals surface area contributed by atoms with Crippen LogP contribution in [0.1, 0.15) is 5.56 Å². The summed E-state index contributed by atoms with van der Waals surface area (Å²) in [6, 6.07) is 41.0. The van der Waals surface area contributed by atoms with Gasteiger partial charge in [-0.05, 0) is 70.4 Å². The van der Waals surface area contributed by atoms with Crippen molar-refractivity contribution in [3.8, 4) is 22.9 Å². The fourth-order valence-corrected chi connectivity index (χ4v) is 5.23. The molecule has 2 N–H and O–H groups in total. The number of allylic oxidation sites excluding steroid dienone is 3. The summed E-state index contributed by atoms with van der Waals surface area (Å²) in [6.07, 6.45) is 5.60. The lowest BCUT2D eigenvalue weighted by atomic mass is 9.94. The SMILES string of the molecule is N#CC(/C=C\N)=C/Cc1ccc(-c2cc3c(c4ccccc24)c2ccccc2n3-c2ccccc2)cc1. The number of para-hydroxylation sites is 2. The Morgan fingerprint density at radius 1 is 0.757 bits per heavy atom. The number of nitrogens with two attached hydrogens (primary N) is 1. The zero-order valence-electron chi connectivity index (χ0n) is 20.3. The van der Waals surface area contributed by atoms with Crippen molar-refractivity contribution >= 4 is 32.6 Å². The van der Waals surface area contributed by atoms with Gasteiger partial charge in [0.25, 0.3) is 0 Å². The third-order valence-corrected chi connectivity index (χ3v) is 6.92. The lowest BCUT2D eigenvalue weighted by molar-refractivity contribution is 1.18. The maximum Gasteiger partial charge on any atom is 0.0988 e. The standard InChI is InChI=1S/C34H25N3/c35-21-20-25(23-36)15-14-24-16-18-26(19-17-24)31-22-33-34(29-11-5-4-10-28(29)31)30-12-6-7-13-32(30)37(33)27-8-2-1-3-9-27/h1-13,15-22H,14,35H2/b21-20-,25-15+. The van der Waals surface area contributed by atoms with Crippen LogP contribution in [-0.2, 0) is 6.42 Å². The molecule has 0 saturated heterocycles. The van der Waals surface area contributed by atoms with E-state index in [1.54, 1.807) is 6.08 Å². The smallest absolute Gasteiger partial charge is 0.0988 e. The summed E-state index contributed by atoms with van der Waals surface area (Å²) < 4.78 is 2.37. The predicted octanol–water partition coefficient (Wildman–Crippen LogP) is 8.07. The number of hydrogen-bond acceptors (Lipinski definition) is 2. The molecule has 5 aromatic carbocycles. The van der Waals surface area contributed by atoms with E-state index in [1.807, 2.05) is 6.08 Å². The van der Waals surface area contributed by atoms with E-state index in [2.05, 4.69) is 120 Å². The Bertz CT molecular complexity index is 1850. The molecule has 1 heterocycles. The minimum absolute atomic E-state index is 0.566. The molecule has 0 unspecified atom stereocenters. The first-order chi connectivity index (χ1) is 18.3. The molecule has 1 aromatic heterocycles. The van der Waals surface area contributed by atoms with E-state index in [-0.39, 0.29) is 0 Å². The second kappa shape index (κ2) is 9.53. The predicted molar refractivity (Wildman–Crippen MR) is 154 cm³/mol. The van der Waals surface area contributed by atoms with Crippen molar-refractivity contribution in [2.45, 2.75) is 6.42 Å². The minimum atomic E-state index is 0.566. The van der Waals surface area contributed by atoms with Gasteiger partial charge >= 0.3 is 0 Å². The summed E-state index contributed by atoms with van der Waals surface area (Å²) in [4.78, 5) is 0. The Labute approximate surface area is 216 Å². The van der Waals surface area contributed by atoms with Crippen molar-refractivity contribution in [1.82, 2.24) is 4.57 Å². The van der Waals surface area contributed by atoms with Gasteiger partial charge in [-0.1, -0.05) is 91.0 Å². The molecule has 0 aliphatic heterocycles. The zero-order valence-corrected chi connectivity index (χ0v) is 20.3. The second-order valence-corrected chi connectivity index (χ2v) is 9.08. The van der Waals surface area contributed by atoms with Gasteiger partial charge in [0.15, 0.2) is 0 Å². The summed E-state index contributed by atoms with van der Waals surface area (Å²) in [6.45, 7) is 0. The fraction of sp³-hybridized carbons (Fsp3) is 0.0294. The molecule has 0 aliphatic rings. The van der Waals surface area contributed by atoms with Crippen molar-refractivity contribution in [3.63, 3.8) is 0 Å². The molecule has 0 amide bonds. The Hall–Kier alpha value is -5.07. The van der Waals surface area contributed by atoms with E-state index in [0.29, 0.717) is 12.0 Å². The van der Waals surface area contributed by atoms with Gasteiger partial charge in [0.1, 0.15) is 0 Å². The Morgan fingerprint density at radius 2 is 1.43 bits per heavy atom. The van der Waals surface area contributed by atoms with Crippen LogP contribution < -0.4 is 5.73 Å². The number of nitrogens with zero attached hydrogens (tertiary/aromatic N) is 2. The van der Waals surface area contributed by atoms with E-state index in [1.165, 1.54) is 44.3 Å². The van der Waals surface area contributed by atoms with Crippen LogP contribution >= 0.6 is 0 Å². The molecule has 0 saturated carbocycles. The highest BCUT2D eigenvalue weighted by Gasteiger charge is 2.17. The fourth-order valence-electron chi connectivity index (χ4n) is 5.23. The molecule has 0 bridgehead atoms. The van der Waals surface area contributed by atoms with Crippen LogP contribution in [0.3, 0.4) is 0 Å². The van der Waals surface area contributed by atoms with Gasteiger partial charge in [-0.15, -0.1) is 0 Å². The maximum atomic E-state index is 9.25. The van der Waals surface area contributed by atoms with Crippen LogP contribution in [0, 0.1) is 11.3 Å². The van der Waals surface area contributed by atoms with Gasteiger partial charge in [0.2, 0.25) is 0 Å². The Morgan fingerprint density at radius 3 is 2.16 bits per heavy atom. The summed E-state index contributed by atoms with van der Waals surface area (Å²) >= 11 is 0. The topological polar surface area (TPSA) is 54.7 Å². The zero-order chi connectivity index (χ0) is 25.2. The van der Waals surface area contributed by atoms with Gasteiger partial charge in [0, 0.05) is 22.0 Å². The van der Waals surface area contributed by atoms with Gasteiger partial charge in [0.05, 0.1) is 17.1 Å². The molecule has 6 rings (SSSR count). The number of rotatable bonds is 5. The molecule has 6 aromatic rings. The molecule has 176 valence electrons. The number of fused-ring (bicyclic) bond motifs is 5. The first-order valence-corrected chi connectivity index (χ1v) is 12.4. The second-order valence-electron chi connectivity index (χ2n) is 9.08. The van der Waals surface area contributed by atoms with Gasteiger partial charge in [-0.25, -0.2) is 0 Å². The Balaban J connectivity index is 1.57. The highest BCUT2D eigenvalue weighted by Crippen LogP contribution is 2.41. The summed E-state index contributed by atoms with van der Waals surface area (Å²) in [7, 11) is 0. The number of aromatic nitrogens is 1. The maximum absolute atomic E-state index is 9.25. The molecular weight excluding hydrogens is 450 g/mol. The van der Waals surface area contributed by atoms with E-state index >= 15 is 0 Å². The average Bonchev–Trinajstić information content (AvgIpc) is 3.30. The molecule has 0 spiro atoms. The largest absolute Gasteiger partial charge is 0.405 e. The lowest BCUT2D eigenvalue weighted by Crippen LogP contribution is -1.94. The first kappa shape index (κ1) is 22.4. The third kappa shape index (κ3) is 3.95. The quantitative estimate of drug-likeness (QED) is 0.202. The van der Waals surface area contributed by atoms with Crippen LogP contribution in [0.2, 0.25) is 0 Å². The van der Waals surface area contributed by atoms with Gasteiger partial charge in [-0.3, -0.25) is 0 Å². The summed E-state index contributed by atoms with van der Waals surface area (Å²) in [5.41, 5.74) is 13.1. The monoisotopic (exact) mass is 475 g/mol. The molecule has 0 aliphatic carbocycles.